The minimum Gasteiger partial charge on any atom is -0.385 e. The number of nitrogens with zero attached hydrogens (tertiary/aromatic N) is 1. The van der Waals surface area contributed by atoms with E-state index in [9.17, 15) is 14.3 Å². The summed E-state index contributed by atoms with van der Waals surface area (Å²) in [7, 11) is 0. The molecule has 0 radical (unpaired) electrons. The molecule has 176 valence electrons. The van der Waals surface area contributed by atoms with Crippen molar-refractivity contribution in [1.29, 1.82) is 0 Å². The fourth-order valence-corrected chi connectivity index (χ4v) is 5.02. The SMILES string of the molecule is O=C(CN1CCC(O)(c2ccc(Cc3ccc(F)cc3)cc2)CC1)NC1CC1c1ccccc1. The molecule has 5 heteroatoms. The van der Waals surface area contributed by atoms with Gasteiger partial charge in [-0.25, -0.2) is 4.39 Å². The number of nitrogens with one attached hydrogen (secondary N) is 1. The van der Waals surface area contributed by atoms with E-state index in [1.54, 1.807) is 12.1 Å². The van der Waals surface area contributed by atoms with Crippen LogP contribution in [-0.4, -0.2) is 41.6 Å². The maximum absolute atomic E-state index is 13.1. The van der Waals surface area contributed by atoms with Gasteiger partial charge in [-0.1, -0.05) is 66.7 Å². The molecule has 34 heavy (non-hydrogen) atoms. The van der Waals surface area contributed by atoms with Gasteiger partial charge in [-0.05, 0) is 60.1 Å². The van der Waals surface area contributed by atoms with Gasteiger partial charge in [-0.3, -0.25) is 9.69 Å². The maximum atomic E-state index is 13.1. The fraction of sp³-hybridized carbons (Fsp3) is 0.345. The fourth-order valence-electron chi connectivity index (χ4n) is 5.02. The number of rotatable bonds is 7. The zero-order chi connectivity index (χ0) is 23.5. The minimum atomic E-state index is -0.865. The number of hydrogen-bond donors (Lipinski definition) is 2. The van der Waals surface area contributed by atoms with Crippen molar-refractivity contribution in [3.8, 4) is 0 Å². The predicted molar refractivity (Wildman–Crippen MR) is 131 cm³/mol. The van der Waals surface area contributed by atoms with Gasteiger partial charge in [0, 0.05) is 25.0 Å². The van der Waals surface area contributed by atoms with Gasteiger partial charge in [0.05, 0.1) is 12.1 Å². The molecule has 2 fully saturated rings. The van der Waals surface area contributed by atoms with Crippen LogP contribution in [-0.2, 0) is 16.8 Å². The Labute approximate surface area is 200 Å². The topological polar surface area (TPSA) is 52.6 Å². The molecule has 0 aromatic heterocycles. The summed E-state index contributed by atoms with van der Waals surface area (Å²) in [5.74, 6) is 0.274. The third-order valence-electron chi connectivity index (χ3n) is 7.23. The summed E-state index contributed by atoms with van der Waals surface area (Å²) in [5.41, 5.74) is 3.53. The third-order valence-corrected chi connectivity index (χ3v) is 7.23. The van der Waals surface area contributed by atoms with Crippen LogP contribution in [0, 0.1) is 5.82 Å². The van der Waals surface area contributed by atoms with E-state index < -0.39 is 5.60 Å². The molecule has 1 heterocycles. The van der Waals surface area contributed by atoms with E-state index in [0.29, 0.717) is 38.4 Å². The van der Waals surface area contributed by atoms with E-state index in [2.05, 4.69) is 22.3 Å². The van der Waals surface area contributed by atoms with E-state index in [-0.39, 0.29) is 17.8 Å². The molecular weight excluding hydrogens is 427 g/mol. The van der Waals surface area contributed by atoms with E-state index in [1.807, 2.05) is 42.5 Å². The van der Waals surface area contributed by atoms with Gasteiger partial charge in [0.2, 0.25) is 5.91 Å². The van der Waals surface area contributed by atoms with Gasteiger partial charge in [-0.2, -0.15) is 0 Å². The molecule has 2 aliphatic rings. The van der Waals surface area contributed by atoms with Crippen molar-refractivity contribution in [1.82, 2.24) is 10.2 Å². The summed E-state index contributed by atoms with van der Waals surface area (Å²) in [5, 5.41) is 14.4. The van der Waals surface area contributed by atoms with Gasteiger partial charge in [0.25, 0.3) is 0 Å². The van der Waals surface area contributed by atoms with E-state index in [0.717, 1.165) is 29.5 Å². The van der Waals surface area contributed by atoms with E-state index >= 15 is 0 Å². The molecule has 0 bridgehead atoms. The monoisotopic (exact) mass is 458 g/mol. The van der Waals surface area contributed by atoms with Crippen LogP contribution in [0.15, 0.2) is 78.9 Å². The van der Waals surface area contributed by atoms with Gasteiger partial charge < -0.3 is 10.4 Å². The number of likely N-dealkylation sites (tertiary alicyclic amines) is 1. The summed E-state index contributed by atoms with van der Waals surface area (Å²) >= 11 is 0. The Morgan fingerprint density at radius 1 is 0.941 bits per heavy atom. The second-order valence-corrected chi connectivity index (χ2v) is 9.73. The number of halogens is 1. The van der Waals surface area contributed by atoms with Gasteiger partial charge in [0.1, 0.15) is 5.82 Å². The molecule has 1 saturated carbocycles. The Balaban J connectivity index is 1.09. The number of piperidine rings is 1. The first kappa shape index (κ1) is 22.8. The predicted octanol–water partition coefficient (Wildman–Crippen LogP) is 4.37. The molecule has 3 aromatic carbocycles. The summed E-state index contributed by atoms with van der Waals surface area (Å²) in [6.07, 6.45) is 2.95. The van der Waals surface area contributed by atoms with Crippen molar-refractivity contribution in [2.45, 2.75) is 43.2 Å². The molecule has 1 aliphatic carbocycles. The number of carbonyl (C=O) groups is 1. The number of aliphatic hydroxyl groups is 1. The van der Waals surface area contributed by atoms with Crippen molar-refractivity contribution >= 4 is 5.91 Å². The highest BCUT2D eigenvalue weighted by Gasteiger charge is 2.40. The molecule has 5 rings (SSSR count). The Morgan fingerprint density at radius 3 is 2.21 bits per heavy atom. The number of carbonyl (C=O) groups excluding carboxylic acids is 1. The third kappa shape index (κ3) is 5.37. The van der Waals surface area contributed by atoms with Crippen molar-refractivity contribution in [2.24, 2.45) is 0 Å². The molecule has 2 N–H and O–H groups in total. The minimum absolute atomic E-state index is 0.0685. The molecule has 1 aliphatic heterocycles. The molecule has 1 saturated heterocycles. The molecular formula is C29H31FN2O2. The highest BCUT2D eigenvalue weighted by atomic mass is 19.1. The lowest BCUT2D eigenvalue weighted by molar-refractivity contribution is -0.123. The van der Waals surface area contributed by atoms with Gasteiger partial charge in [-0.15, -0.1) is 0 Å². The lowest BCUT2D eigenvalue weighted by Crippen LogP contribution is -2.46. The van der Waals surface area contributed by atoms with Crippen molar-refractivity contribution in [3.63, 3.8) is 0 Å². The Hall–Kier alpha value is -3.02. The Kier molecular flexibility index (Phi) is 6.48. The summed E-state index contributed by atoms with van der Waals surface area (Å²) < 4.78 is 13.1. The molecule has 1 amide bonds. The number of benzene rings is 3. The smallest absolute Gasteiger partial charge is 0.234 e. The first-order chi connectivity index (χ1) is 16.5. The molecule has 0 spiro atoms. The van der Waals surface area contributed by atoms with Crippen LogP contribution >= 0.6 is 0 Å². The van der Waals surface area contributed by atoms with Crippen molar-refractivity contribution < 1.29 is 14.3 Å². The van der Waals surface area contributed by atoms with Crippen LogP contribution in [0.25, 0.3) is 0 Å². The van der Waals surface area contributed by atoms with Crippen LogP contribution in [0.5, 0.6) is 0 Å². The lowest BCUT2D eigenvalue weighted by Gasteiger charge is -2.38. The molecule has 3 aromatic rings. The van der Waals surface area contributed by atoms with Crippen LogP contribution < -0.4 is 5.32 Å². The largest absolute Gasteiger partial charge is 0.385 e. The molecule has 2 atom stereocenters. The average Bonchev–Trinajstić information content (AvgIpc) is 3.62. The summed E-state index contributed by atoms with van der Waals surface area (Å²) in [6.45, 7) is 1.76. The zero-order valence-corrected chi connectivity index (χ0v) is 19.3. The highest BCUT2D eigenvalue weighted by Crippen LogP contribution is 2.40. The second-order valence-electron chi connectivity index (χ2n) is 9.73. The highest BCUT2D eigenvalue weighted by molar-refractivity contribution is 5.79. The van der Waals surface area contributed by atoms with Crippen LogP contribution in [0.3, 0.4) is 0 Å². The number of amides is 1. The maximum Gasteiger partial charge on any atom is 0.234 e. The normalized spacial score (nSPS) is 21.7. The summed E-state index contributed by atoms with van der Waals surface area (Å²) in [4.78, 5) is 14.7. The van der Waals surface area contributed by atoms with Gasteiger partial charge >= 0.3 is 0 Å². The zero-order valence-electron chi connectivity index (χ0n) is 19.3. The van der Waals surface area contributed by atoms with Gasteiger partial charge in [0.15, 0.2) is 0 Å². The second kappa shape index (κ2) is 9.69. The van der Waals surface area contributed by atoms with E-state index in [4.69, 9.17) is 0 Å². The average molecular weight is 459 g/mol. The Bertz CT molecular complexity index is 1110. The molecule has 2 unspecified atom stereocenters. The number of hydrogen-bond acceptors (Lipinski definition) is 3. The van der Waals surface area contributed by atoms with Crippen molar-refractivity contribution in [3.05, 3.63) is 107 Å². The van der Waals surface area contributed by atoms with Crippen LogP contribution in [0.2, 0.25) is 0 Å². The lowest BCUT2D eigenvalue weighted by atomic mass is 9.84. The standard InChI is InChI=1S/C29H31FN2O2/c30-25-12-8-22(9-13-25)18-21-6-10-24(11-7-21)29(34)14-16-32(17-15-29)20-28(33)31-27-19-26(27)23-4-2-1-3-5-23/h1-13,26-27,34H,14-20H2,(H,31,33). The van der Waals surface area contributed by atoms with E-state index in [1.165, 1.54) is 17.7 Å². The van der Waals surface area contributed by atoms with Crippen LogP contribution in [0.4, 0.5) is 4.39 Å². The first-order valence-electron chi connectivity index (χ1n) is 12.1. The van der Waals surface area contributed by atoms with Crippen molar-refractivity contribution in [2.75, 3.05) is 19.6 Å². The summed E-state index contributed by atoms with van der Waals surface area (Å²) in [6, 6.07) is 25.2. The van der Waals surface area contributed by atoms with Crippen LogP contribution in [0.1, 0.15) is 47.4 Å². The quantitative estimate of drug-likeness (QED) is 0.553. The first-order valence-corrected chi connectivity index (χ1v) is 12.1. The Morgan fingerprint density at radius 2 is 1.56 bits per heavy atom. The molecule has 4 nitrogen and oxygen atoms in total.